The molecule has 0 aliphatic heterocycles. The van der Waals surface area contributed by atoms with Crippen LogP contribution in [0.1, 0.15) is 16.7 Å². The maximum atomic E-state index is 12.9. The first-order valence-electron chi connectivity index (χ1n) is 7.88. The first-order chi connectivity index (χ1) is 12.1. The second kappa shape index (κ2) is 7.95. The van der Waals surface area contributed by atoms with Gasteiger partial charge in [-0.25, -0.2) is 4.39 Å². The molecule has 0 saturated heterocycles. The van der Waals surface area contributed by atoms with E-state index >= 15 is 0 Å². The smallest absolute Gasteiger partial charge is 0.123 e. The van der Waals surface area contributed by atoms with Crippen molar-refractivity contribution in [2.24, 2.45) is 4.99 Å². The third-order valence-electron chi connectivity index (χ3n) is 3.70. The first-order valence-corrected chi connectivity index (χ1v) is 8.25. The van der Waals surface area contributed by atoms with Gasteiger partial charge >= 0.3 is 0 Å². The van der Waals surface area contributed by atoms with E-state index in [0.717, 1.165) is 28.1 Å². The lowest BCUT2D eigenvalue weighted by atomic mass is 10.2. The lowest BCUT2D eigenvalue weighted by Gasteiger charge is -2.07. The average molecular weight is 354 g/mol. The van der Waals surface area contributed by atoms with Gasteiger partial charge in [-0.15, -0.1) is 0 Å². The van der Waals surface area contributed by atoms with Crippen LogP contribution in [-0.2, 0) is 6.61 Å². The van der Waals surface area contributed by atoms with Crippen LogP contribution in [0, 0.1) is 12.7 Å². The molecule has 126 valence electrons. The van der Waals surface area contributed by atoms with Crippen molar-refractivity contribution in [3.63, 3.8) is 0 Å². The summed E-state index contributed by atoms with van der Waals surface area (Å²) in [5.41, 5.74) is 3.74. The maximum absolute atomic E-state index is 12.9. The van der Waals surface area contributed by atoms with Crippen molar-refractivity contribution < 1.29 is 9.13 Å². The van der Waals surface area contributed by atoms with Crippen LogP contribution in [-0.4, -0.2) is 6.21 Å². The number of hydrogen-bond donors (Lipinski definition) is 0. The third kappa shape index (κ3) is 4.91. The number of hydrogen-bond acceptors (Lipinski definition) is 2. The number of nitrogens with zero attached hydrogens (tertiary/aromatic N) is 1. The number of aryl methyl sites for hydroxylation is 1. The van der Waals surface area contributed by atoms with E-state index in [2.05, 4.69) is 4.99 Å². The lowest BCUT2D eigenvalue weighted by molar-refractivity contribution is 0.306. The summed E-state index contributed by atoms with van der Waals surface area (Å²) in [5, 5.41) is 0.661. The summed E-state index contributed by atoms with van der Waals surface area (Å²) in [7, 11) is 0. The minimum atomic E-state index is -0.252. The van der Waals surface area contributed by atoms with Crippen molar-refractivity contribution in [2.75, 3.05) is 0 Å². The molecule has 0 aliphatic carbocycles. The van der Waals surface area contributed by atoms with Gasteiger partial charge in [-0.05, 0) is 60.0 Å². The molecule has 0 aliphatic rings. The van der Waals surface area contributed by atoms with Crippen molar-refractivity contribution in [1.29, 1.82) is 0 Å². The largest absolute Gasteiger partial charge is 0.489 e. The number of aliphatic imine (C=N–C) groups is 1. The second-order valence-corrected chi connectivity index (χ2v) is 6.11. The number of halogens is 2. The molecule has 0 radical (unpaired) electrons. The molecular weight excluding hydrogens is 337 g/mol. The van der Waals surface area contributed by atoms with Crippen LogP contribution in [0.15, 0.2) is 71.7 Å². The Labute approximate surface area is 151 Å². The van der Waals surface area contributed by atoms with Gasteiger partial charge in [-0.3, -0.25) is 4.99 Å². The topological polar surface area (TPSA) is 21.6 Å². The van der Waals surface area contributed by atoms with Crippen LogP contribution in [0.3, 0.4) is 0 Å². The van der Waals surface area contributed by atoms with E-state index < -0.39 is 0 Å². The summed E-state index contributed by atoms with van der Waals surface area (Å²) in [6, 6.07) is 19.5. The summed E-state index contributed by atoms with van der Waals surface area (Å²) in [5.74, 6) is 0.481. The molecule has 0 aromatic heterocycles. The van der Waals surface area contributed by atoms with Gasteiger partial charge in [0, 0.05) is 11.2 Å². The molecule has 0 spiro atoms. The molecule has 2 nitrogen and oxygen atoms in total. The van der Waals surface area contributed by atoms with Crippen molar-refractivity contribution in [3.8, 4) is 5.75 Å². The molecule has 0 saturated carbocycles. The Kier molecular flexibility index (Phi) is 5.46. The van der Waals surface area contributed by atoms with Gasteiger partial charge in [0.25, 0.3) is 0 Å². The van der Waals surface area contributed by atoms with Crippen molar-refractivity contribution in [1.82, 2.24) is 0 Å². The summed E-state index contributed by atoms with van der Waals surface area (Å²) in [6.07, 6.45) is 1.78. The van der Waals surface area contributed by atoms with Crippen LogP contribution >= 0.6 is 11.6 Å². The Morgan fingerprint density at radius 2 is 1.84 bits per heavy atom. The Bertz CT molecular complexity index is 891. The number of rotatable bonds is 5. The Balaban J connectivity index is 1.69. The molecule has 0 bridgehead atoms. The van der Waals surface area contributed by atoms with Gasteiger partial charge in [0.15, 0.2) is 0 Å². The molecule has 0 amide bonds. The zero-order valence-electron chi connectivity index (χ0n) is 13.7. The molecule has 0 atom stereocenters. The van der Waals surface area contributed by atoms with Crippen molar-refractivity contribution in [3.05, 3.63) is 94.3 Å². The molecule has 0 fully saturated rings. The van der Waals surface area contributed by atoms with E-state index in [4.69, 9.17) is 16.3 Å². The van der Waals surface area contributed by atoms with E-state index in [1.54, 1.807) is 18.3 Å². The fourth-order valence-electron chi connectivity index (χ4n) is 2.30. The number of ether oxygens (including phenoxy) is 1. The SMILES string of the molecule is Cc1ccc(Cl)cc1N=Cc1cccc(OCc2ccc(F)cc2)c1. The zero-order chi connectivity index (χ0) is 17.6. The van der Waals surface area contributed by atoms with Crippen molar-refractivity contribution in [2.45, 2.75) is 13.5 Å². The van der Waals surface area contributed by atoms with Crippen molar-refractivity contribution >= 4 is 23.5 Å². The monoisotopic (exact) mass is 353 g/mol. The van der Waals surface area contributed by atoms with Gasteiger partial charge in [-0.1, -0.05) is 41.9 Å². The van der Waals surface area contributed by atoms with Crippen LogP contribution in [0.25, 0.3) is 0 Å². The highest BCUT2D eigenvalue weighted by atomic mass is 35.5. The Hall–Kier alpha value is -2.65. The summed E-state index contributed by atoms with van der Waals surface area (Å²) >= 11 is 6.02. The fourth-order valence-corrected chi connectivity index (χ4v) is 2.46. The predicted octanol–water partition coefficient (Wildman–Crippen LogP) is 6.12. The third-order valence-corrected chi connectivity index (χ3v) is 3.94. The minimum absolute atomic E-state index is 0.252. The maximum Gasteiger partial charge on any atom is 0.123 e. The fraction of sp³-hybridized carbons (Fsp3) is 0.0952. The minimum Gasteiger partial charge on any atom is -0.489 e. The van der Waals surface area contributed by atoms with Gasteiger partial charge in [0.1, 0.15) is 18.2 Å². The quantitative estimate of drug-likeness (QED) is 0.506. The predicted molar refractivity (Wildman–Crippen MR) is 101 cm³/mol. The highest BCUT2D eigenvalue weighted by molar-refractivity contribution is 6.30. The molecule has 4 heteroatoms. The van der Waals surface area contributed by atoms with Gasteiger partial charge in [0.2, 0.25) is 0 Å². The molecular formula is C21H17ClFNO. The summed E-state index contributed by atoms with van der Waals surface area (Å²) in [4.78, 5) is 4.50. The van der Waals surface area contributed by atoms with Gasteiger partial charge in [0.05, 0.1) is 5.69 Å². The molecule has 3 aromatic rings. The molecule has 0 unspecified atom stereocenters. The summed E-state index contributed by atoms with van der Waals surface area (Å²) < 4.78 is 18.7. The Morgan fingerprint density at radius 1 is 1.04 bits per heavy atom. The Morgan fingerprint density at radius 3 is 2.64 bits per heavy atom. The molecule has 3 rings (SSSR count). The molecule has 25 heavy (non-hydrogen) atoms. The second-order valence-electron chi connectivity index (χ2n) is 5.68. The number of benzene rings is 3. The molecule has 0 N–H and O–H groups in total. The van der Waals surface area contributed by atoms with Crippen LogP contribution < -0.4 is 4.74 Å². The lowest BCUT2D eigenvalue weighted by Crippen LogP contribution is -1.96. The van der Waals surface area contributed by atoms with E-state index in [9.17, 15) is 4.39 Å². The van der Waals surface area contributed by atoms with Gasteiger partial charge in [-0.2, -0.15) is 0 Å². The van der Waals surface area contributed by atoms with Gasteiger partial charge < -0.3 is 4.74 Å². The summed E-state index contributed by atoms with van der Waals surface area (Å²) in [6.45, 7) is 2.37. The van der Waals surface area contributed by atoms with E-state index in [0.29, 0.717) is 11.6 Å². The first kappa shape index (κ1) is 17.2. The van der Waals surface area contributed by atoms with Crippen LogP contribution in [0.2, 0.25) is 5.02 Å². The average Bonchev–Trinajstić information content (AvgIpc) is 2.62. The van der Waals surface area contributed by atoms with E-state index in [1.165, 1.54) is 12.1 Å². The molecule has 0 heterocycles. The standard InChI is InChI=1S/C21H17ClFNO/c1-15-5-8-18(22)12-21(15)24-13-17-3-2-4-20(11-17)25-14-16-6-9-19(23)10-7-16/h2-13H,14H2,1H3. The highest BCUT2D eigenvalue weighted by Gasteiger charge is 2.00. The highest BCUT2D eigenvalue weighted by Crippen LogP contribution is 2.23. The van der Waals surface area contributed by atoms with E-state index in [1.807, 2.05) is 49.4 Å². The zero-order valence-corrected chi connectivity index (χ0v) is 14.5. The molecule has 3 aromatic carbocycles. The van der Waals surface area contributed by atoms with E-state index in [-0.39, 0.29) is 5.82 Å². The van der Waals surface area contributed by atoms with Crippen LogP contribution in [0.4, 0.5) is 10.1 Å². The normalized spacial score (nSPS) is 11.0. The van der Waals surface area contributed by atoms with Crippen LogP contribution in [0.5, 0.6) is 5.75 Å².